The molecule has 2 N–H and O–H groups in total. The lowest BCUT2D eigenvalue weighted by atomic mass is 10.3. The number of carbonyl (C=O) groups excluding carboxylic acids is 1. The van der Waals surface area contributed by atoms with Gasteiger partial charge in [-0.2, -0.15) is 13.2 Å². The summed E-state index contributed by atoms with van der Waals surface area (Å²) in [5.74, 6) is -1.39. The van der Waals surface area contributed by atoms with Crippen molar-refractivity contribution in [3.05, 3.63) is 24.0 Å². The van der Waals surface area contributed by atoms with Crippen LogP contribution in [-0.2, 0) is 0 Å². The molecule has 0 aromatic carbocycles. The van der Waals surface area contributed by atoms with Crippen molar-refractivity contribution in [3.63, 3.8) is 0 Å². The predicted molar refractivity (Wildman–Crippen MR) is 68.1 cm³/mol. The van der Waals surface area contributed by atoms with Gasteiger partial charge >= 0.3 is 18.2 Å². The Balaban J connectivity index is 2.95. The van der Waals surface area contributed by atoms with Gasteiger partial charge in [0.05, 0.1) is 5.69 Å². The van der Waals surface area contributed by atoms with Gasteiger partial charge in [0, 0.05) is 12.2 Å². The van der Waals surface area contributed by atoms with Crippen molar-refractivity contribution in [3.8, 4) is 0 Å². The zero-order valence-corrected chi connectivity index (χ0v) is 11.3. The second kappa shape index (κ2) is 6.42. The van der Waals surface area contributed by atoms with Crippen LogP contribution in [0.25, 0.3) is 0 Å². The van der Waals surface area contributed by atoms with E-state index in [9.17, 15) is 22.8 Å². The molecule has 1 heterocycles. The number of carboxylic acid groups (broad SMARTS) is 1. The van der Waals surface area contributed by atoms with Crippen LogP contribution >= 0.6 is 0 Å². The molecule has 2 amide bonds. The Labute approximate surface area is 118 Å². The third kappa shape index (κ3) is 4.93. The number of carboxylic acids is 1. The molecule has 21 heavy (non-hydrogen) atoms. The highest BCUT2D eigenvalue weighted by molar-refractivity contribution is 5.98. The number of pyridine rings is 1. The monoisotopic (exact) mass is 305 g/mol. The molecule has 6 nitrogen and oxygen atoms in total. The van der Waals surface area contributed by atoms with Crippen LogP contribution in [0.1, 0.15) is 24.3 Å². The molecule has 0 saturated heterocycles. The van der Waals surface area contributed by atoms with Crippen LogP contribution < -0.4 is 5.32 Å². The van der Waals surface area contributed by atoms with E-state index in [4.69, 9.17) is 5.11 Å². The van der Waals surface area contributed by atoms with Gasteiger partial charge in [0.25, 0.3) is 0 Å². The molecule has 0 saturated carbocycles. The van der Waals surface area contributed by atoms with Crippen molar-refractivity contribution in [2.45, 2.75) is 26.1 Å². The van der Waals surface area contributed by atoms with E-state index in [0.29, 0.717) is 4.90 Å². The average molecular weight is 305 g/mol. The van der Waals surface area contributed by atoms with Crippen molar-refractivity contribution in [1.29, 1.82) is 0 Å². The van der Waals surface area contributed by atoms with Crippen molar-refractivity contribution in [2.24, 2.45) is 0 Å². The van der Waals surface area contributed by atoms with E-state index in [1.54, 1.807) is 0 Å². The number of aromatic nitrogens is 1. The summed E-state index contributed by atoms with van der Waals surface area (Å²) in [6.07, 6.45) is -3.35. The van der Waals surface area contributed by atoms with Crippen LogP contribution in [-0.4, -0.2) is 45.8 Å². The second-order valence-corrected chi connectivity index (χ2v) is 4.47. The molecule has 0 atom stereocenters. The number of halogens is 3. The first-order chi connectivity index (χ1) is 9.61. The number of carbonyl (C=O) groups is 2. The van der Waals surface area contributed by atoms with Crippen LogP contribution in [0.4, 0.5) is 23.7 Å². The number of amides is 2. The maximum absolute atomic E-state index is 12.4. The van der Waals surface area contributed by atoms with E-state index in [-0.39, 0.29) is 5.69 Å². The maximum atomic E-state index is 12.4. The number of hydrogen-bond donors (Lipinski definition) is 2. The van der Waals surface area contributed by atoms with Gasteiger partial charge in [0.1, 0.15) is 6.54 Å². The number of urea groups is 1. The van der Waals surface area contributed by atoms with Crippen LogP contribution in [0.3, 0.4) is 0 Å². The summed E-state index contributed by atoms with van der Waals surface area (Å²) in [7, 11) is 0. The number of nitrogens with zero attached hydrogens (tertiary/aromatic N) is 2. The fraction of sp³-hybridized carbons (Fsp3) is 0.417. The number of hydrogen-bond acceptors (Lipinski definition) is 3. The predicted octanol–water partition coefficient (Wildman–Crippen LogP) is 2.58. The lowest BCUT2D eigenvalue weighted by Crippen LogP contribution is -2.45. The van der Waals surface area contributed by atoms with Gasteiger partial charge < -0.3 is 15.3 Å². The lowest BCUT2D eigenvalue weighted by Gasteiger charge is -2.27. The maximum Gasteiger partial charge on any atom is 0.406 e. The van der Waals surface area contributed by atoms with Crippen LogP contribution in [0.5, 0.6) is 0 Å². The van der Waals surface area contributed by atoms with Gasteiger partial charge in [0.2, 0.25) is 0 Å². The molecule has 0 radical (unpaired) electrons. The smallest absolute Gasteiger partial charge is 0.406 e. The van der Waals surface area contributed by atoms with Gasteiger partial charge in [-0.15, -0.1) is 0 Å². The second-order valence-electron chi connectivity index (χ2n) is 4.47. The molecule has 0 aliphatic carbocycles. The first-order valence-electron chi connectivity index (χ1n) is 5.94. The minimum atomic E-state index is -4.55. The Morgan fingerprint density at radius 1 is 1.43 bits per heavy atom. The zero-order valence-electron chi connectivity index (χ0n) is 11.3. The number of nitrogens with one attached hydrogen (secondary N) is 1. The summed E-state index contributed by atoms with van der Waals surface area (Å²) in [6.45, 7) is 1.42. The average Bonchev–Trinajstić information content (AvgIpc) is 2.34. The van der Waals surface area contributed by atoms with E-state index in [1.807, 2.05) is 0 Å². The van der Waals surface area contributed by atoms with Crippen molar-refractivity contribution in [2.75, 3.05) is 11.9 Å². The minimum Gasteiger partial charge on any atom is -0.476 e. The SMILES string of the molecule is CC(C)N(CC(F)(F)F)C(=O)Nc1cccnc1C(=O)O. The number of rotatable bonds is 4. The highest BCUT2D eigenvalue weighted by Crippen LogP contribution is 2.20. The first-order valence-corrected chi connectivity index (χ1v) is 5.94. The Morgan fingerprint density at radius 2 is 2.05 bits per heavy atom. The molecule has 0 aliphatic heterocycles. The summed E-state index contributed by atoms with van der Waals surface area (Å²) >= 11 is 0. The Hall–Kier alpha value is -2.32. The molecule has 116 valence electrons. The topological polar surface area (TPSA) is 82.5 Å². The highest BCUT2D eigenvalue weighted by atomic mass is 19.4. The van der Waals surface area contributed by atoms with E-state index in [1.165, 1.54) is 32.2 Å². The van der Waals surface area contributed by atoms with Gasteiger partial charge in [-0.1, -0.05) is 0 Å². The fourth-order valence-corrected chi connectivity index (χ4v) is 1.55. The van der Waals surface area contributed by atoms with Crippen LogP contribution in [0, 0.1) is 0 Å². The molecular weight excluding hydrogens is 291 g/mol. The molecule has 1 aromatic heterocycles. The van der Waals surface area contributed by atoms with Gasteiger partial charge in [-0.05, 0) is 26.0 Å². The largest absolute Gasteiger partial charge is 0.476 e. The first kappa shape index (κ1) is 16.7. The molecule has 0 bridgehead atoms. The van der Waals surface area contributed by atoms with Crippen molar-refractivity contribution in [1.82, 2.24) is 9.88 Å². The molecule has 0 unspecified atom stereocenters. The van der Waals surface area contributed by atoms with E-state index in [2.05, 4.69) is 10.3 Å². The van der Waals surface area contributed by atoms with Gasteiger partial charge in [-0.3, -0.25) is 0 Å². The van der Waals surface area contributed by atoms with Crippen LogP contribution in [0.2, 0.25) is 0 Å². The molecule has 1 rings (SSSR count). The summed E-state index contributed by atoms with van der Waals surface area (Å²) in [6, 6.07) is 0.862. The number of alkyl halides is 3. The molecule has 1 aromatic rings. The molecular formula is C12H14F3N3O3. The Bertz CT molecular complexity index is 532. The minimum absolute atomic E-state index is 0.164. The summed E-state index contributed by atoms with van der Waals surface area (Å²) in [4.78, 5) is 26.9. The van der Waals surface area contributed by atoms with Crippen molar-refractivity contribution < 1.29 is 27.9 Å². The normalized spacial score (nSPS) is 11.3. The van der Waals surface area contributed by atoms with E-state index in [0.717, 1.165) is 0 Å². The Morgan fingerprint density at radius 3 is 2.52 bits per heavy atom. The fourth-order valence-electron chi connectivity index (χ4n) is 1.55. The number of anilines is 1. The van der Waals surface area contributed by atoms with Crippen molar-refractivity contribution >= 4 is 17.7 Å². The van der Waals surface area contributed by atoms with E-state index < -0.39 is 36.5 Å². The summed E-state index contributed by atoms with van der Waals surface area (Å²) in [5.41, 5.74) is -0.607. The highest BCUT2D eigenvalue weighted by Gasteiger charge is 2.34. The zero-order chi connectivity index (χ0) is 16.2. The quantitative estimate of drug-likeness (QED) is 0.895. The molecule has 0 aliphatic rings. The van der Waals surface area contributed by atoms with Gasteiger partial charge in [-0.25, -0.2) is 14.6 Å². The third-order valence-electron chi connectivity index (χ3n) is 2.49. The van der Waals surface area contributed by atoms with E-state index >= 15 is 0 Å². The molecule has 9 heteroatoms. The molecule has 0 spiro atoms. The standard InChI is InChI=1S/C12H14F3N3O3/c1-7(2)18(6-12(13,14)15)11(21)17-8-4-3-5-16-9(8)10(19)20/h3-5,7H,6H2,1-2H3,(H,17,21)(H,19,20). The third-order valence-corrected chi connectivity index (χ3v) is 2.49. The summed E-state index contributed by atoms with van der Waals surface area (Å²) in [5, 5.41) is 11.0. The Kier molecular flexibility index (Phi) is 5.12. The van der Waals surface area contributed by atoms with Crippen LogP contribution in [0.15, 0.2) is 18.3 Å². The molecule has 0 fully saturated rings. The van der Waals surface area contributed by atoms with Gasteiger partial charge in [0.15, 0.2) is 5.69 Å². The summed E-state index contributed by atoms with van der Waals surface area (Å²) < 4.78 is 37.3. The number of aromatic carboxylic acids is 1. The lowest BCUT2D eigenvalue weighted by molar-refractivity contribution is -0.142.